The van der Waals surface area contributed by atoms with Crippen molar-refractivity contribution in [3.8, 4) is 0 Å². The molecule has 1 aliphatic heterocycles. The number of hydrogen-bond donors (Lipinski definition) is 1. The summed E-state index contributed by atoms with van der Waals surface area (Å²) in [5.41, 5.74) is 0. The summed E-state index contributed by atoms with van der Waals surface area (Å²) < 4.78 is 0. The molecule has 1 N–H and O–H groups in total. The Balaban J connectivity index is 1.81. The number of rotatable bonds is 6. The van der Waals surface area contributed by atoms with E-state index in [9.17, 15) is 0 Å². The summed E-state index contributed by atoms with van der Waals surface area (Å²) in [7, 11) is 0. The van der Waals surface area contributed by atoms with Crippen LogP contribution >= 0.6 is 11.3 Å². The third-order valence-electron chi connectivity index (χ3n) is 3.71. The smallest absolute Gasteiger partial charge is 0.182 e. The summed E-state index contributed by atoms with van der Waals surface area (Å²) in [6.45, 7) is 11.5. The van der Waals surface area contributed by atoms with Gasteiger partial charge in [-0.3, -0.25) is 4.90 Å². The van der Waals surface area contributed by atoms with Gasteiger partial charge in [0, 0.05) is 30.7 Å². The van der Waals surface area contributed by atoms with Crippen molar-refractivity contribution in [3.63, 3.8) is 0 Å². The number of hydrogen-bond acceptors (Lipinski definition) is 4. The molecule has 0 aromatic carbocycles. The van der Waals surface area contributed by atoms with Crippen LogP contribution in [-0.2, 0) is 6.54 Å². The van der Waals surface area contributed by atoms with Gasteiger partial charge in [0.25, 0.3) is 0 Å². The Kier molecular flexibility index (Phi) is 5.01. The quantitative estimate of drug-likeness (QED) is 0.855. The van der Waals surface area contributed by atoms with E-state index >= 15 is 0 Å². The molecule has 1 atom stereocenters. The van der Waals surface area contributed by atoms with Crippen LogP contribution in [0.2, 0.25) is 0 Å². The summed E-state index contributed by atoms with van der Waals surface area (Å²) in [4.78, 5) is 8.39. The second kappa shape index (κ2) is 6.53. The first kappa shape index (κ1) is 13.8. The fourth-order valence-electron chi connectivity index (χ4n) is 2.47. The lowest BCUT2D eigenvalue weighted by Gasteiger charge is -2.16. The van der Waals surface area contributed by atoms with Gasteiger partial charge < -0.3 is 5.32 Å². The molecule has 2 rings (SSSR count). The summed E-state index contributed by atoms with van der Waals surface area (Å²) in [6, 6.07) is 0. The Morgan fingerprint density at radius 1 is 1.56 bits per heavy atom. The van der Waals surface area contributed by atoms with E-state index in [0.29, 0.717) is 0 Å². The fourth-order valence-corrected chi connectivity index (χ4v) is 3.35. The predicted molar refractivity (Wildman–Crippen MR) is 79.1 cm³/mol. The Hall–Kier alpha value is -0.610. The number of nitrogens with one attached hydrogen (secondary N) is 1. The molecule has 0 amide bonds. The van der Waals surface area contributed by atoms with Crippen molar-refractivity contribution in [1.82, 2.24) is 9.88 Å². The van der Waals surface area contributed by atoms with Gasteiger partial charge in [0.15, 0.2) is 5.13 Å². The standard InChI is InChI=1S/C14H25N3S/c1-4-6-15-14-16-8-13(18-14)10-17-7-5-12(9-17)11(2)3/h8,11-12H,4-7,9-10H2,1-3H3,(H,15,16). The molecule has 1 aromatic rings. The van der Waals surface area contributed by atoms with Crippen LogP contribution in [0, 0.1) is 11.8 Å². The molecule has 2 heterocycles. The molecule has 1 unspecified atom stereocenters. The van der Waals surface area contributed by atoms with Crippen molar-refractivity contribution < 1.29 is 0 Å². The van der Waals surface area contributed by atoms with Crippen molar-refractivity contribution in [2.45, 2.75) is 40.2 Å². The Morgan fingerprint density at radius 2 is 2.39 bits per heavy atom. The molecule has 102 valence electrons. The van der Waals surface area contributed by atoms with Gasteiger partial charge in [-0.05, 0) is 31.2 Å². The highest BCUT2D eigenvalue weighted by Crippen LogP contribution is 2.27. The van der Waals surface area contributed by atoms with Crippen LogP contribution in [-0.4, -0.2) is 29.5 Å². The molecular weight excluding hydrogens is 242 g/mol. The van der Waals surface area contributed by atoms with E-state index in [1.807, 2.05) is 6.20 Å². The maximum absolute atomic E-state index is 4.43. The van der Waals surface area contributed by atoms with Gasteiger partial charge in [0.2, 0.25) is 0 Å². The lowest BCUT2D eigenvalue weighted by Crippen LogP contribution is -2.20. The number of aromatic nitrogens is 1. The van der Waals surface area contributed by atoms with Crippen LogP contribution in [0.25, 0.3) is 0 Å². The van der Waals surface area contributed by atoms with Crippen molar-refractivity contribution in [3.05, 3.63) is 11.1 Å². The third kappa shape index (κ3) is 3.69. The maximum atomic E-state index is 4.43. The van der Waals surface area contributed by atoms with Crippen LogP contribution in [0.1, 0.15) is 38.5 Å². The molecule has 1 fully saturated rings. The number of anilines is 1. The third-order valence-corrected chi connectivity index (χ3v) is 4.65. The summed E-state index contributed by atoms with van der Waals surface area (Å²) >= 11 is 1.81. The molecule has 3 nitrogen and oxygen atoms in total. The average molecular weight is 267 g/mol. The first-order valence-corrected chi connectivity index (χ1v) is 7.91. The minimum atomic E-state index is 0.818. The second-order valence-corrected chi connectivity index (χ2v) is 6.70. The van der Waals surface area contributed by atoms with Gasteiger partial charge in [-0.25, -0.2) is 4.98 Å². The zero-order valence-corrected chi connectivity index (χ0v) is 12.6. The molecule has 0 spiro atoms. The maximum Gasteiger partial charge on any atom is 0.182 e. The molecule has 0 saturated carbocycles. The Bertz CT molecular complexity index is 362. The van der Waals surface area contributed by atoms with Gasteiger partial charge in [-0.1, -0.05) is 20.8 Å². The van der Waals surface area contributed by atoms with Gasteiger partial charge in [0.05, 0.1) is 0 Å². The largest absolute Gasteiger partial charge is 0.362 e. The lowest BCUT2D eigenvalue weighted by molar-refractivity contribution is 0.299. The predicted octanol–water partition coefficient (Wildman–Crippen LogP) is 3.44. The first-order valence-electron chi connectivity index (χ1n) is 7.10. The summed E-state index contributed by atoms with van der Waals surface area (Å²) in [5.74, 6) is 1.70. The van der Waals surface area contributed by atoms with Crippen molar-refractivity contribution in [2.75, 3.05) is 25.0 Å². The molecule has 18 heavy (non-hydrogen) atoms. The second-order valence-electron chi connectivity index (χ2n) is 5.59. The molecule has 1 aromatic heterocycles. The van der Waals surface area contributed by atoms with Crippen LogP contribution in [0.4, 0.5) is 5.13 Å². The van der Waals surface area contributed by atoms with Crippen LogP contribution in [0.3, 0.4) is 0 Å². The number of likely N-dealkylation sites (tertiary alicyclic amines) is 1. The van der Waals surface area contributed by atoms with E-state index in [1.54, 1.807) is 11.3 Å². The monoisotopic (exact) mass is 267 g/mol. The van der Waals surface area contributed by atoms with Crippen LogP contribution in [0.15, 0.2) is 6.20 Å². The van der Waals surface area contributed by atoms with Gasteiger partial charge in [0.1, 0.15) is 0 Å². The van der Waals surface area contributed by atoms with Gasteiger partial charge >= 0.3 is 0 Å². The minimum Gasteiger partial charge on any atom is -0.362 e. The van der Waals surface area contributed by atoms with E-state index in [4.69, 9.17) is 0 Å². The highest BCUT2D eigenvalue weighted by atomic mass is 32.1. The van der Waals surface area contributed by atoms with Crippen LogP contribution < -0.4 is 5.32 Å². The molecule has 0 aliphatic carbocycles. The minimum absolute atomic E-state index is 0.818. The van der Waals surface area contributed by atoms with Gasteiger partial charge in [-0.2, -0.15) is 0 Å². The van der Waals surface area contributed by atoms with E-state index in [2.05, 4.69) is 36.0 Å². The Morgan fingerprint density at radius 3 is 3.06 bits per heavy atom. The molecule has 4 heteroatoms. The van der Waals surface area contributed by atoms with Crippen molar-refractivity contribution >= 4 is 16.5 Å². The Labute approximate surface area is 115 Å². The topological polar surface area (TPSA) is 28.2 Å². The van der Waals surface area contributed by atoms with E-state index in [-0.39, 0.29) is 0 Å². The van der Waals surface area contributed by atoms with Crippen molar-refractivity contribution in [1.29, 1.82) is 0 Å². The SMILES string of the molecule is CCCNc1ncc(CN2CCC(C(C)C)C2)s1. The summed E-state index contributed by atoms with van der Waals surface area (Å²) in [5, 5.41) is 4.43. The van der Waals surface area contributed by atoms with Crippen molar-refractivity contribution in [2.24, 2.45) is 11.8 Å². The molecule has 0 radical (unpaired) electrons. The van der Waals surface area contributed by atoms with E-state index < -0.39 is 0 Å². The normalized spacial score (nSPS) is 20.8. The number of thiazole rings is 1. The zero-order chi connectivity index (χ0) is 13.0. The fraction of sp³-hybridized carbons (Fsp3) is 0.786. The first-order chi connectivity index (χ1) is 8.69. The zero-order valence-electron chi connectivity index (χ0n) is 11.8. The average Bonchev–Trinajstić information content (AvgIpc) is 2.96. The highest BCUT2D eigenvalue weighted by Gasteiger charge is 2.24. The van der Waals surface area contributed by atoms with Gasteiger partial charge in [-0.15, -0.1) is 11.3 Å². The number of nitrogens with zero attached hydrogens (tertiary/aromatic N) is 2. The van der Waals surface area contributed by atoms with E-state index in [0.717, 1.165) is 36.5 Å². The highest BCUT2D eigenvalue weighted by molar-refractivity contribution is 7.15. The lowest BCUT2D eigenvalue weighted by atomic mass is 9.95. The molecule has 0 bridgehead atoms. The molecule has 1 aliphatic rings. The van der Waals surface area contributed by atoms with Crippen LogP contribution in [0.5, 0.6) is 0 Å². The molecular formula is C14H25N3S. The van der Waals surface area contributed by atoms with E-state index in [1.165, 1.54) is 24.4 Å². The molecule has 1 saturated heterocycles. The summed E-state index contributed by atoms with van der Waals surface area (Å²) in [6.07, 6.45) is 4.54.